The van der Waals surface area contributed by atoms with Gasteiger partial charge in [-0.2, -0.15) is 5.26 Å². The maximum absolute atomic E-state index is 12.4. The smallest absolute Gasteiger partial charge is 0.237 e. The second-order valence-corrected chi connectivity index (χ2v) is 8.93. The van der Waals surface area contributed by atoms with Gasteiger partial charge in [0.2, 0.25) is 11.0 Å². The Morgan fingerprint density at radius 2 is 2.00 bits per heavy atom. The molecule has 6 nitrogen and oxygen atoms in total. The normalized spacial score (nSPS) is 11.4. The molecule has 0 aliphatic rings. The highest BCUT2D eigenvalue weighted by Gasteiger charge is 2.17. The Morgan fingerprint density at radius 1 is 1.22 bits per heavy atom. The molecule has 0 aliphatic carbocycles. The first-order valence-electron chi connectivity index (χ1n) is 7.87. The van der Waals surface area contributed by atoms with Crippen molar-refractivity contribution in [3.05, 3.63) is 58.6 Å². The number of hydrogen-bond acceptors (Lipinski definition) is 7. The molecule has 1 unspecified atom stereocenters. The van der Waals surface area contributed by atoms with E-state index in [4.69, 9.17) is 5.26 Å². The van der Waals surface area contributed by atoms with Gasteiger partial charge in [0.05, 0.1) is 16.9 Å². The van der Waals surface area contributed by atoms with Crippen LogP contribution in [0.25, 0.3) is 0 Å². The molecule has 1 aromatic heterocycles. The Kier molecular flexibility index (Phi) is 6.45. The zero-order valence-electron chi connectivity index (χ0n) is 14.1. The van der Waals surface area contributed by atoms with Gasteiger partial charge >= 0.3 is 0 Å². The highest BCUT2D eigenvalue weighted by Crippen LogP contribution is 2.31. The molecule has 3 rings (SSSR count). The van der Waals surface area contributed by atoms with E-state index < -0.39 is 0 Å². The van der Waals surface area contributed by atoms with Gasteiger partial charge < -0.3 is 10.6 Å². The lowest BCUT2D eigenvalue weighted by molar-refractivity contribution is -0.115. The topological polar surface area (TPSA) is 90.7 Å². The molecule has 1 amide bonds. The van der Waals surface area contributed by atoms with E-state index in [0.717, 1.165) is 10.2 Å². The molecule has 2 aromatic carbocycles. The summed E-state index contributed by atoms with van der Waals surface area (Å²) in [5.41, 5.74) is 2.00. The lowest BCUT2D eigenvalue weighted by Crippen LogP contribution is -2.22. The summed E-state index contributed by atoms with van der Waals surface area (Å²) in [6.45, 7) is 1.80. The van der Waals surface area contributed by atoms with E-state index in [9.17, 15) is 4.79 Å². The van der Waals surface area contributed by atoms with Gasteiger partial charge in [-0.15, -0.1) is 10.2 Å². The fraction of sp³-hybridized carbons (Fsp3) is 0.111. The Bertz CT molecular complexity index is 1000. The number of nitrogens with one attached hydrogen (secondary N) is 2. The average Bonchev–Trinajstić information content (AvgIpc) is 3.08. The largest absolute Gasteiger partial charge is 0.330 e. The van der Waals surface area contributed by atoms with Crippen LogP contribution in [0.1, 0.15) is 12.5 Å². The molecular weight excluding hydrogens is 446 g/mol. The maximum atomic E-state index is 12.4. The number of benzene rings is 2. The highest BCUT2D eigenvalue weighted by atomic mass is 79.9. The molecule has 9 heteroatoms. The fourth-order valence-electron chi connectivity index (χ4n) is 2.11. The molecule has 1 atom stereocenters. The fourth-order valence-corrected chi connectivity index (χ4v) is 4.43. The van der Waals surface area contributed by atoms with Gasteiger partial charge in [-0.3, -0.25) is 4.79 Å². The van der Waals surface area contributed by atoms with Crippen LogP contribution in [0, 0.1) is 11.3 Å². The standard InChI is InChI=1S/C18H14BrN5OS2/c1-11(16(25)21-14-6-2-4-12(8-14)10-20)26-18-24-23-17(27-18)22-15-7-3-5-13(19)9-15/h2-9,11H,1H3,(H,21,25)(H,22,23). The van der Waals surface area contributed by atoms with Crippen LogP contribution in [-0.4, -0.2) is 21.4 Å². The Hall–Kier alpha value is -2.41. The summed E-state index contributed by atoms with van der Waals surface area (Å²) >= 11 is 6.14. The van der Waals surface area contributed by atoms with E-state index >= 15 is 0 Å². The molecule has 0 spiro atoms. The van der Waals surface area contributed by atoms with Crippen molar-refractivity contribution in [1.82, 2.24) is 10.2 Å². The van der Waals surface area contributed by atoms with Crippen molar-refractivity contribution in [3.8, 4) is 6.07 Å². The van der Waals surface area contributed by atoms with Crippen LogP contribution >= 0.6 is 39.0 Å². The molecule has 1 heterocycles. The molecule has 0 saturated carbocycles. The number of rotatable bonds is 6. The number of halogens is 1. The molecule has 3 aromatic rings. The van der Waals surface area contributed by atoms with E-state index in [2.05, 4.69) is 42.8 Å². The third-order valence-corrected chi connectivity index (χ3v) is 5.90. The van der Waals surface area contributed by atoms with Crippen molar-refractivity contribution in [2.24, 2.45) is 0 Å². The minimum atomic E-state index is -0.359. The summed E-state index contributed by atoms with van der Waals surface area (Å²) in [6.07, 6.45) is 0. The number of amides is 1. The summed E-state index contributed by atoms with van der Waals surface area (Å²) in [6, 6.07) is 16.6. The van der Waals surface area contributed by atoms with E-state index in [1.807, 2.05) is 24.3 Å². The van der Waals surface area contributed by atoms with Crippen molar-refractivity contribution >= 4 is 61.4 Å². The molecule has 136 valence electrons. The van der Waals surface area contributed by atoms with Gasteiger partial charge in [0, 0.05) is 15.8 Å². The van der Waals surface area contributed by atoms with E-state index in [0.29, 0.717) is 20.7 Å². The number of carbonyl (C=O) groups is 1. The SMILES string of the molecule is CC(Sc1nnc(Nc2cccc(Br)c2)s1)C(=O)Nc1cccc(C#N)c1. The lowest BCUT2D eigenvalue weighted by Gasteiger charge is -2.10. The van der Waals surface area contributed by atoms with E-state index in [1.54, 1.807) is 31.2 Å². The number of carbonyl (C=O) groups excluding carboxylic acids is 1. The van der Waals surface area contributed by atoms with Crippen LogP contribution in [0.5, 0.6) is 0 Å². The van der Waals surface area contributed by atoms with Gasteiger partial charge in [0.25, 0.3) is 0 Å². The van der Waals surface area contributed by atoms with Crippen molar-refractivity contribution in [1.29, 1.82) is 5.26 Å². The minimum absolute atomic E-state index is 0.160. The van der Waals surface area contributed by atoms with Gasteiger partial charge in [-0.25, -0.2) is 0 Å². The van der Waals surface area contributed by atoms with Crippen molar-refractivity contribution in [2.45, 2.75) is 16.5 Å². The van der Waals surface area contributed by atoms with Crippen LogP contribution in [-0.2, 0) is 4.79 Å². The van der Waals surface area contributed by atoms with Crippen LogP contribution < -0.4 is 10.6 Å². The van der Waals surface area contributed by atoms with E-state index in [-0.39, 0.29) is 11.2 Å². The molecule has 2 N–H and O–H groups in total. The summed E-state index contributed by atoms with van der Waals surface area (Å²) in [4.78, 5) is 12.4. The van der Waals surface area contributed by atoms with Crippen molar-refractivity contribution < 1.29 is 4.79 Å². The van der Waals surface area contributed by atoms with Gasteiger partial charge in [0.15, 0.2) is 4.34 Å². The first-order chi connectivity index (χ1) is 13.0. The number of hydrogen-bond donors (Lipinski definition) is 2. The molecule has 0 fully saturated rings. The van der Waals surface area contributed by atoms with Crippen LogP contribution in [0.3, 0.4) is 0 Å². The number of nitriles is 1. The summed E-state index contributed by atoms with van der Waals surface area (Å²) in [7, 11) is 0. The summed E-state index contributed by atoms with van der Waals surface area (Å²) in [5, 5.41) is 23.5. The predicted octanol–water partition coefficient (Wildman–Crippen LogP) is 5.04. The number of aromatic nitrogens is 2. The van der Waals surface area contributed by atoms with Crippen molar-refractivity contribution in [2.75, 3.05) is 10.6 Å². The third kappa shape index (κ3) is 5.53. The minimum Gasteiger partial charge on any atom is -0.330 e. The number of nitrogens with zero attached hydrogens (tertiary/aromatic N) is 3. The Balaban J connectivity index is 1.59. The first kappa shape index (κ1) is 19.4. The molecule has 27 heavy (non-hydrogen) atoms. The Morgan fingerprint density at radius 3 is 2.78 bits per heavy atom. The predicted molar refractivity (Wildman–Crippen MR) is 112 cm³/mol. The molecular formula is C18H14BrN5OS2. The zero-order chi connectivity index (χ0) is 19.2. The monoisotopic (exact) mass is 459 g/mol. The number of thioether (sulfide) groups is 1. The second kappa shape index (κ2) is 8.99. The van der Waals surface area contributed by atoms with Crippen LogP contribution in [0.4, 0.5) is 16.5 Å². The van der Waals surface area contributed by atoms with E-state index in [1.165, 1.54) is 23.1 Å². The molecule has 0 aliphatic heterocycles. The quantitative estimate of drug-likeness (QED) is 0.501. The number of anilines is 3. The van der Waals surface area contributed by atoms with Gasteiger partial charge in [-0.1, -0.05) is 51.2 Å². The first-order valence-corrected chi connectivity index (χ1v) is 10.4. The molecule has 0 bridgehead atoms. The average molecular weight is 460 g/mol. The summed E-state index contributed by atoms with van der Waals surface area (Å²) < 4.78 is 1.67. The maximum Gasteiger partial charge on any atom is 0.237 e. The lowest BCUT2D eigenvalue weighted by atomic mass is 10.2. The van der Waals surface area contributed by atoms with Crippen LogP contribution in [0.15, 0.2) is 57.3 Å². The Labute approximate surface area is 173 Å². The van der Waals surface area contributed by atoms with Crippen LogP contribution in [0.2, 0.25) is 0 Å². The van der Waals surface area contributed by atoms with Gasteiger partial charge in [-0.05, 0) is 43.3 Å². The highest BCUT2D eigenvalue weighted by molar-refractivity contribution is 9.10. The third-order valence-electron chi connectivity index (χ3n) is 3.39. The van der Waals surface area contributed by atoms with Crippen molar-refractivity contribution in [3.63, 3.8) is 0 Å². The molecule has 0 saturated heterocycles. The summed E-state index contributed by atoms with van der Waals surface area (Å²) in [5.74, 6) is -0.160. The van der Waals surface area contributed by atoms with Gasteiger partial charge in [0.1, 0.15) is 0 Å². The zero-order valence-corrected chi connectivity index (χ0v) is 17.4. The molecule has 0 radical (unpaired) electrons. The second-order valence-electron chi connectivity index (χ2n) is 5.45.